The third-order valence-electron chi connectivity index (χ3n) is 5.07. The SMILES string of the molecule is Nc1ncc(C2=CCN(c3ccccc3)CC2)nc1-c1nc2ccccc2[nH]1.[HH].[HH]. The third-order valence-corrected chi connectivity index (χ3v) is 5.07. The minimum absolute atomic E-state index is 0. The predicted octanol–water partition coefficient (Wildman–Crippen LogP) is 4.39. The van der Waals surface area contributed by atoms with Gasteiger partial charge in [0.1, 0.15) is 5.69 Å². The van der Waals surface area contributed by atoms with Gasteiger partial charge in [-0.1, -0.05) is 36.4 Å². The van der Waals surface area contributed by atoms with Crippen LogP contribution in [0, 0.1) is 0 Å². The first-order valence-corrected chi connectivity index (χ1v) is 9.35. The van der Waals surface area contributed by atoms with Gasteiger partial charge in [0.2, 0.25) is 0 Å². The Labute approximate surface area is 165 Å². The van der Waals surface area contributed by atoms with E-state index in [2.05, 4.69) is 50.2 Å². The number of nitrogens with zero attached hydrogens (tertiary/aromatic N) is 4. The van der Waals surface area contributed by atoms with E-state index in [0.29, 0.717) is 17.3 Å². The van der Waals surface area contributed by atoms with Crippen molar-refractivity contribution in [3.63, 3.8) is 0 Å². The maximum atomic E-state index is 6.11. The Morgan fingerprint density at radius 1 is 1.00 bits per heavy atom. The summed E-state index contributed by atoms with van der Waals surface area (Å²) in [5.74, 6) is 1.03. The van der Waals surface area contributed by atoms with Gasteiger partial charge in [-0.25, -0.2) is 15.0 Å². The van der Waals surface area contributed by atoms with Crippen molar-refractivity contribution in [1.82, 2.24) is 19.9 Å². The van der Waals surface area contributed by atoms with Crippen molar-refractivity contribution in [2.24, 2.45) is 0 Å². The molecule has 142 valence electrons. The average molecular weight is 372 g/mol. The van der Waals surface area contributed by atoms with Crippen LogP contribution in [0.3, 0.4) is 0 Å². The minimum Gasteiger partial charge on any atom is -0.382 e. The van der Waals surface area contributed by atoms with Crippen molar-refractivity contribution >= 4 is 28.1 Å². The standard InChI is InChI=1S/C22H20N6.2H2/c23-21-20(22-26-17-8-4-5-9-18(17)27-22)25-19(14-24-21)15-10-12-28(13-11-15)16-6-2-1-3-7-16;;/h1-10,14H,11-13H2,(H2,23,24)(H,26,27);2*1H. The molecule has 0 spiro atoms. The molecular formula is C22H24N6. The molecule has 3 N–H and O–H groups in total. The van der Waals surface area contributed by atoms with Gasteiger partial charge >= 0.3 is 0 Å². The van der Waals surface area contributed by atoms with Crippen molar-refractivity contribution in [2.75, 3.05) is 23.7 Å². The zero-order chi connectivity index (χ0) is 18.9. The fourth-order valence-electron chi connectivity index (χ4n) is 3.57. The van der Waals surface area contributed by atoms with Crippen LogP contribution in [0.5, 0.6) is 0 Å². The minimum atomic E-state index is 0. The summed E-state index contributed by atoms with van der Waals surface area (Å²) in [7, 11) is 0. The summed E-state index contributed by atoms with van der Waals surface area (Å²) in [5, 5.41) is 0. The second kappa shape index (κ2) is 6.81. The number of imidazole rings is 1. The second-order valence-electron chi connectivity index (χ2n) is 6.85. The molecule has 28 heavy (non-hydrogen) atoms. The summed E-state index contributed by atoms with van der Waals surface area (Å²) in [4.78, 5) is 19.4. The first-order chi connectivity index (χ1) is 13.8. The molecule has 2 aromatic heterocycles. The van der Waals surface area contributed by atoms with E-state index in [9.17, 15) is 0 Å². The Bertz CT molecular complexity index is 1140. The molecule has 6 heteroatoms. The van der Waals surface area contributed by atoms with Crippen molar-refractivity contribution in [3.05, 3.63) is 72.6 Å². The maximum Gasteiger partial charge on any atom is 0.161 e. The predicted molar refractivity (Wildman–Crippen MR) is 117 cm³/mol. The van der Waals surface area contributed by atoms with Crippen LogP contribution >= 0.6 is 0 Å². The lowest BCUT2D eigenvalue weighted by molar-refractivity contribution is 0.829. The summed E-state index contributed by atoms with van der Waals surface area (Å²) in [5.41, 5.74) is 11.8. The van der Waals surface area contributed by atoms with Gasteiger partial charge in [-0.2, -0.15) is 0 Å². The van der Waals surface area contributed by atoms with Crippen LogP contribution in [-0.4, -0.2) is 33.0 Å². The van der Waals surface area contributed by atoms with Gasteiger partial charge in [0, 0.05) is 21.6 Å². The molecule has 0 bridgehead atoms. The van der Waals surface area contributed by atoms with Crippen LogP contribution in [-0.2, 0) is 0 Å². The van der Waals surface area contributed by atoms with Gasteiger partial charge in [-0.15, -0.1) is 0 Å². The van der Waals surface area contributed by atoms with Gasteiger partial charge in [0.05, 0.1) is 22.9 Å². The lowest BCUT2D eigenvalue weighted by Crippen LogP contribution is -2.28. The molecule has 0 atom stereocenters. The number of nitrogens with one attached hydrogen (secondary N) is 1. The van der Waals surface area contributed by atoms with Crippen molar-refractivity contribution in [3.8, 4) is 11.5 Å². The summed E-state index contributed by atoms with van der Waals surface area (Å²) in [6, 6.07) is 18.3. The number of anilines is 2. The van der Waals surface area contributed by atoms with Crippen LogP contribution < -0.4 is 10.6 Å². The molecule has 0 unspecified atom stereocenters. The van der Waals surface area contributed by atoms with E-state index in [1.54, 1.807) is 6.20 Å². The molecule has 0 saturated heterocycles. The second-order valence-corrected chi connectivity index (χ2v) is 6.85. The van der Waals surface area contributed by atoms with E-state index in [1.807, 2.05) is 30.3 Å². The molecule has 1 aliphatic heterocycles. The summed E-state index contributed by atoms with van der Waals surface area (Å²) in [6.07, 6.45) is 4.89. The molecular weight excluding hydrogens is 348 g/mol. The van der Waals surface area contributed by atoms with Crippen LogP contribution in [0.15, 0.2) is 66.9 Å². The monoisotopic (exact) mass is 372 g/mol. The molecule has 0 aliphatic carbocycles. The van der Waals surface area contributed by atoms with E-state index in [0.717, 1.165) is 36.2 Å². The third kappa shape index (κ3) is 2.99. The van der Waals surface area contributed by atoms with Gasteiger partial charge < -0.3 is 15.6 Å². The zero-order valence-corrected chi connectivity index (χ0v) is 15.3. The van der Waals surface area contributed by atoms with E-state index in [1.165, 1.54) is 11.3 Å². The van der Waals surface area contributed by atoms with Gasteiger partial charge in [0.25, 0.3) is 0 Å². The highest BCUT2D eigenvalue weighted by molar-refractivity contribution is 5.81. The highest BCUT2D eigenvalue weighted by Gasteiger charge is 2.17. The maximum absolute atomic E-state index is 6.11. The average Bonchev–Trinajstić information content (AvgIpc) is 3.19. The quantitative estimate of drug-likeness (QED) is 0.557. The summed E-state index contributed by atoms with van der Waals surface area (Å²) in [6.45, 7) is 1.80. The Balaban J connectivity index is 0.00000128. The molecule has 3 heterocycles. The number of nitrogens with two attached hydrogens (primary N) is 1. The van der Waals surface area contributed by atoms with Crippen LogP contribution in [0.2, 0.25) is 0 Å². The molecule has 0 saturated carbocycles. The Kier molecular flexibility index (Phi) is 4.01. The lowest BCUT2D eigenvalue weighted by Gasteiger charge is -2.28. The fraction of sp³-hybridized carbons (Fsp3) is 0.136. The van der Waals surface area contributed by atoms with E-state index in [-0.39, 0.29) is 2.85 Å². The van der Waals surface area contributed by atoms with Crippen molar-refractivity contribution < 1.29 is 2.85 Å². The normalized spacial score (nSPS) is 14.3. The van der Waals surface area contributed by atoms with Gasteiger partial charge in [0.15, 0.2) is 11.6 Å². The summed E-state index contributed by atoms with van der Waals surface area (Å²) >= 11 is 0. The van der Waals surface area contributed by atoms with Gasteiger partial charge in [-0.3, -0.25) is 0 Å². The smallest absolute Gasteiger partial charge is 0.161 e. The first-order valence-electron chi connectivity index (χ1n) is 9.35. The van der Waals surface area contributed by atoms with Crippen molar-refractivity contribution in [1.29, 1.82) is 0 Å². The summed E-state index contributed by atoms with van der Waals surface area (Å²) < 4.78 is 0. The Hall–Kier alpha value is -3.67. The number of hydrogen-bond donors (Lipinski definition) is 2. The molecule has 0 radical (unpaired) electrons. The number of benzene rings is 2. The van der Waals surface area contributed by atoms with Crippen LogP contribution in [0.4, 0.5) is 11.5 Å². The zero-order valence-electron chi connectivity index (χ0n) is 15.3. The number of rotatable bonds is 3. The number of hydrogen-bond acceptors (Lipinski definition) is 5. The Morgan fingerprint density at radius 3 is 2.61 bits per heavy atom. The number of nitrogen functional groups attached to an aromatic ring is 1. The topological polar surface area (TPSA) is 83.7 Å². The number of fused-ring (bicyclic) bond motifs is 1. The van der Waals surface area contributed by atoms with E-state index in [4.69, 9.17) is 10.7 Å². The highest BCUT2D eigenvalue weighted by atomic mass is 15.1. The molecule has 5 rings (SSSR count). The Morgan fingerprint density at radius 2 is 1.82 bits per heavy atom. The molecule has 0 fully saturated rings. The highest BCUT2D eigenvalue weighted by Crippen LogP contribution is 2.28. The lowest BCUT2D eigenvalue weighted by atomic mass is 10.0. The first kappa shape index (κ1) is 16.5. The number of para-hydroxylation sites is 3. The number of aromatic amines is 1. The van der Waals surface area contributed by atoms with E-state index >= 15 is 0 Å². The largest absolute Gasteiger partial charge is 0.382 e. The molecule has 4 aromatic rings. The van der Waals surface area contributed by atoms with Crippen LogP contribution in [0.25, 0.3) is 28.1 Å². The van der Waals surface area contributed by atoms with Crippen molar-refractivity contribution in [2.45, 2.75) is 6.42 Å². The van der Waals surface area contributed by atoms with Gasteiger partial charge in [-0.05, 0) is 36.3 Å². The molecule has 6 nitrogen and oxygen atoms in total. The van der Waals surface area contributed by atoms with Crippen LogP contribution in [0.1, 0.15) is 15.0 Å². The fourth-order valence-corrected chi connectivity index (χ4v) is 3.57. The molecule has 2 aromatic carbocycles. The number of H-pyrrole nitrogens is 1. The van der Waals surface area contributed by atoms with E-state index < -0.39 is 0 Å². The number of aromatic nitrogens is 4. The molecule has 1 aliphatic rings. The molecule has 0 amide bonds.